The van der Waals surface area contributed by atoms with Crippen LogP contribution in [-0.2, 0) is 5.41 Å². The number of halogens is 1. The molecule has 1 rings (SSSR count). The number of rotatable bonds is 3. The van der Waals surface area contributed by atoms with E-state index in [-0.39, 0.29) is 5.56 Å². The maximum atomic E-state index is 13.7. The van der Waals surface area contributed by atoms with Gasteiger partial charge in [0.15, 0.2) is 0 Å². The van der Waals surface area contributed by atoms with Crippen LogP contribution in [0, 0.1) is 18.2 Å². The predicted octanol–water partition coefficient (Wildman–Crippen LogP) is 2.16. The molecule has 16 heavy (non-hydrogen) atoms. The van der Waals surface area contributed by atoms with Gasteiger partial charge in [-0.2, -0.15) is 0 Å². The first-order chi connectivity index (χ1) is 7.29. The number of primary amides is 1. The van der Waals surface area contributed by atoms with Crippen LogP contribution in [0.2, 0.25) is 0 Å². The second-order valence-corrected chi connectivity index (χ2v) is 4.38. The zero-order chi connectivity index (χ0) is 12.5. The van der Waals surface area contributed by atoms with Crippen molar-refractivity contribution in [3.05, 3.63) is 34.6 Å². The summed E-state index contributed by atoms with van der Waals surface area (Å²) < 4.78 is 13.7. The van der Waals surface area contributed by atoms with Gasteiger partial charge < -0.3 is 11.1 Å². The molecule has 1 aromatic rings. The van der Waals surface area contributed by atoms with Gasteiger partial charge >= 0.3 is 0 Å². The number of carbonyl (C=O) groups excluding carboxylic acids is 1. The van der Waals surface area contributed by atoms with E-state index in [0.717, 1.165) is 0 Å². The molecule has 3 nitrogen and oxygen atoms in total. The SMILES string of the molecule is Cc1cc(C(C)(C)C=N)cc(F)c1C(N)=O. The lowest BCUT2D eigenvalue weighted by Gasteiger charge is -2.20. The van der Waals surface area contributed by atoms with Gasteiger partial charge in [0.2, 0.25) is 0 Å². The molecule has 0 fully saturated rings. The molecule has 0 heterocycles. The van der Waals surface area contributed by atoms with E-state index < -0.39 is 17.1 Å². The summed E-state index contributed by atoms with van der Waals surface area (Å²) in [5.41, 5.74) is 5.60. The topological polar surface area (TPSA) is 66.9 Å². The largest absolute Gasteiger partial charge is 0.365 e. The molecule has 0 aromatic heterocycles. The van der Waals surface area contributed by atoms with Crippen LogP contribution < -0.4 is 5.73 Å². The summed E-state index contributed by atoms with van der Waals surface area (Å²) >= 11 is 0. The predicted molar refractivity (Wildman–Crippen MR) is 61.5 cm³/mol. The lowest BCUT2D eigenvalue weighted by atomic mass is 9.84. The average molecular weight is 222 g/mol. The molecule has 0 saturated carbocycles. The first kappa shape index (κ1) is 12.4. The highest BCUT2D eigenvalue weighted by atomic mass is 19.1. The normalized spacial score (nSPS) is 11.2. The first-order valence-corrected chi connectivity index (χ1v) is 4.91. The number of carbonyl (C=O) groups is 1. The Morgan fingerprint density at radius 3 is 2.44 bits per heavy atom. The van der Waals surface area contributed by atoms with Crippen molar-refractivity contribution in [1.29, 1.82) is 5.41 Å². The van der Waals surface area contributed by atoms with E-state index in [1.165, 1.54) is 12.3 Å². The zero-order valence-corrected chi connectivity index (χ0v) is 9.60. The van der Waals surface area contributed by atoms with Crippen molar-refractivity contribution < 1.29 is 9.18 Å². The maximum Gasteiger partial charge on any atom is 0.251 e. The first-order valence-electron chi connectivity index (χ1n) is 4.91. The third kappa shape index (κ3) is 2.10. The summed E-state index contributed by atoms with van der Waals surface area (Å²) in [6, 6.07) is 2.95. The van der Waals surface area contributed by atoms with Gasteiger partial charge in [-0.25, -0.2) is 4.39 Å². The maximum absolute atomic E-state index is 13.7. The number of nitrogens with two attached hydrogens (primary N) is 1. The molecule has 0 spiro atoms. The number of hydrogen-bond donors (Lipinski definition) is 2. The third-order valence-electron chi connectivity index (χ3n) is 2.64. The van der Waals surface area contributed by atoms with Crippen molar-refractivity contribution in [2.45, 2.75) is 26.2 Å². The second kappa shape index (κ2) is 4.04. The van der Waals surface area contributed by atoms with Crippen LogP contribution in [-0.4, -0.2) is 12.1 Å². The van der Waals surface area contributed by atoms with Gasteiger partial charge in [-0.15, -0.1) is 0 Å². The number of aryl methyl sites for hydroxylation is 1. The highest BCUT2D eigenvalue weighted by Crippen LogP contribution is 2.25. The van der Waals surface area contributed by atoms with E-state index in [9.17, 15) is 9.18 Å². The molecular weight excluding hydrogens is 207 g/mol. The Morgan fingerprint density at radius 1 is 1.50 bits per heavy atom. The summed E-state index contributed by atoms with van der Waals surface area (Å²) in [6.45, 7) is 5.24. The number of benzene rings is 1. The molecule has 4 heteroatoms. The van der Waals surface area contributed by atoms with E-state index in [2.05, 4.69) is 0 Å². The fraction of sp³-hybridized carbons (Fsp3) is 0.333. The number of hydrogen-bond acceptors (Lipinski definition) is 2. The van der Waals surface area contributed by atoms with Crippen LogP contribution in [0.25, 0.3) is 0 Å². The van der Waals surface area contributed by atoms with Crippen molar-refractivity contribution >= 4 is 12.1 Å². The Morgan fingerprint density at radius 2 is 2.06 bits per heavy atom. The van der Waals surface area contributed by atoms with Crippen LogP contribution in [0.3, 0.4) is 0 Å². The van der Waals surface area contributed by atoms with E-state index in [0.29, 0.717) is 11.1 Å². The summed E-state index contributed by atoms with van der Waals surface area (Å²) in [7, 11) is 0. The van der Waals surface area contributed by atoms with Gasteiger partial charge in [0.1, 0.15) is 5.82 Å². The average Bonchev–Trinajstić information content (AvgIpc) is 2.15. The molecule has 1 amide bonds. The van der Waals surface area contributed by atoms with Gasteiger partial charge in [-0.05, 0) is 24.1 Å². The van der Waals surface area contributed by atoms with Crippen LogP contribution >= 0.6 is 0 Å². The van der Waals surface area contributed by atoms with Crippen LogP contribution in [0.4, 0.5) is 4.39 Å². The molecular formula is C12H15FN2O. The van der Waals surface area contributed by atoms with Crippen LogP contribution in [0.5, 0.6) is 0 Å². The minimum Gasteiger partial charge on any atom is -0.365 e. The Hall–Kier alpha value is -1.71. The van der Waals surface area contributed by atoms with Gasteiger partial charge in [0, 0.05) is 11.6 Å². The van der Waals surface area contributed by atoms with Gasteiger partial charge in [0.25, 0.3) is 5.91 Å². The quantitative estimate of drug-likeness (QED) is 0.756. The Bertz CT molecular complexity index is 429. The molecule has 86 valence electrons. The molecule has 0 aliphatic heterocycles. The van der Waals surface area contributed by atoms with Crippen molar-refractivity contribution in [1.82, 2.24) is 0 Å². The highest BCUT2D eigenvalue weighted by Gasteiger charge is 2.21. The smallest absolute Gasteiger partial charge is 0.251 e. The summed E-state index contributed by atoms with van der Waals surface area (Å²) in [5.74, 6) is -1.40. The molecule has 0 unspecified atom stereocenters. The van der Waals surface area contributed by atoms with Crippen molar-refractivity contribution in [2.75, 3.05) is 0 Å². The van der Waals surface area contributed by atoms with Crippen LogP contribution in [0.1, 0.15) is 35.3 Å². The minimum atomic E-state index is -0.769. The van der Waals surface area contributed by atoms with Gasteiger partial charge in [-0.3, -0.25) is 4.79 Å². The van der Waals surface area contributed by atoms with Crippen molar-refractivity contribution in [3.63, 3.8) is 0 Å². The van der Waals surface area contributed by atoms with Crippen molar-refractivity contribution in [2.24, 2.45) is 5.73 Å². The summed E-state index contributed by atoms with van der Waals surface area (Å²) in [4.78, 5) is 11.0. The Kier molecular flexibility index (Phi) is 3.12. The molecule has 0 saturated heterocycles. The van der Waals surface area contributed by atoms with Gasteiger partial charge in [-0.1, -0.05) is 19.9 Å². The summed E-state index contributed by atoms with van der Waals surface area (Å²) in [5, 5.41) is 7.28. The number of amides is 1. The third-order valence-corrected chi connectivity index (χ3v) is 2.64. The van der Waals surface area contributed by atoms with Crippen LogP contribution in [0.15, 0.2) is 12.1 Å². The minimum absolute atomic E-state index is 0.0791. The molecule has 0 radical (unpaired) electrons. The Labute approximate surface area is 94.0 Å². The van der Waals surface area contributed by atoms with E-state index in [1.807, 2.05) is 0 Å². The lowest BCUT2D eigenvalue weighted by molar-refractivity contribution is 0.0996. The van der Waals surface area contributed by atoms with E-state index in [1.54, 1.807) is 26.8 Å². The van der Waals surface area contributed by atoms with Crippen molar-refractivity contribution in [3.8, 4) is 0 Å². The van der Waals surface area contributed by atoms with E-state index in [4.69, 9.17) is 11.1 Å². The fourth-order valence-corrected chi connectivity index (χ4v) is 1.51. The molecule has 0 aliphatic rings. The molecule has 0 aliphatic carbocycles. The molecule has 1 aromatic carbocycles. The standard InChI is InChI=1S/C12H15FN2O/c1-7-4-8(12(2,3)6-14)5-9(13)10(7)11(15)16/h4-6,14H,1-3H3,(H2,15,16). The monoisotopic (exact) mass is 222 g/mol. The zero-order valence-electron chi connectivity index (χ0n) is 9.60. The van der Waals surface area contributed by atoms with Gasteiger partial charge in [0.05, 0.1) is 5.56 Å². The summed E-state index contributed by atoms with van der Waals surface area (Å²) in [6.07, 6.45) is 1.24. The second-order valence-electron chi connectivity index (χ2n) is 4.38. The Balaban J connectivity index is 3.41. The number of nitrogens with one attached hydrogen (secondary N) is 1. The fourth-order valence-electron chi connectivity index (χ4n) is 1.51. The molecule has 0 atom stereocenters. The molecule has 3 N–H and O–H groups in total. The lowest BCUT2D eigenvalue weighted by Crippen LogP contribution is -2.21. The van der Waals surface area contributed by atoms with E-state index >= 15 is 0 Å². The molecule has 0 bridgehead atoms. The highest BCUT2D eigenvalue weighted by molar-refractivity contribution is 5.94.